The fraction of sp³-hybridized carbons (Fsp3) is 0.500. The van der Waals surface area contributed by atoms with Crippen LogP contribution in [0.4, 0.5) is 21.1 Å². The van der Waals surface area contributed by atoms with Crippen molar-refractivity contribution in [3.05, 3.63) is 34.9 Å². The number of rotatable bonds is 5. The maximum Gasteiger partial charge on any atom is 0.410 e. The summed E-state index contributed by atoms with van der Waals surface area (Å²) in [6, 6.07) is 2.12. The zero-order valence-electron chi connectivity index (χ0n) is 31.1. The first-order valence-corrected chi connectivity index (χ1v) is 13.0. The molecule has 0 radical (unpaired) electrons. The smallest absolute Gasteiger partial charge is 0.410 e. The van der Waals surface area contributed by atoms with Gasteiger partial charge in [0.1, 0.15) is 28.6 Å². The number of alkyl carbamates (subject to hydrolysis) is 1. The number of piperazine rings is 1. The van der Waals surface area contributed by atoms with Crippen molar-refractivity contribution in [2.75, 3.05) is 42.7 Å². The van der Waals surface area contributed by atoms with Crippen LogP contribution in [0.15, 0.2) is 29.3 Å². The molecular formula is C26H34N8O6S. The number of hydrogen-bond acceptors (Lipinski definition) is 11. The first-order chi connectivity index (χ1) is 22.2. The Kier molecular flexibility index (Phi) is 5.87. The van der Waals surface area contributed by atoms with E-state index in [1.165, 1.54) is 39.2 Å². The summed E-state index contributed by atoms with van der Waals surface area (Å²) < 4.78 is 79.5. The van der Waals surface area contributed by atoms with Gasteiger partial charge in [0.15, 0.2) is 0 Å². The number of fused-ring (bicyclic) bond motifs is 1. The number of hydrogen-bond donors (Lipinski definition) is 2. The molecule has 2 N–H and O–H groups in total. The van der Waals surface area contributed by atoms with Crippen LogP contribution in [0.3, 0.4) is 0 Å². The second kappa shape index (κ2) is 11.7. The number of carbonyl (C=O) groups is 3. The summed E-state index contributed by atoms with van der Waals surface area (Å²) in [5, 5.41) is 9.19. The molecule has 1 aliphatic heterocycles. The fourth-order valence-corrected chi connectivity index (χ4v) is 3.98. The highest BCUT2D eigenvalue weighted by Crippen LogP contribution is 2.27. The molecule has 0 spiro atoms. The van der Waals surface area contributed by atoms with Crippen LogP contribution < -0.4 is 21.1 Å². The number of carbonyl (C=O) groups excluding carboxylic acids is 3. The molecular weight excluding hydrogens is 552 g/mol. The van der Waals surface area contributed by atoms with Crippen molar-refractivity contribution >= 4 is 45.9 Å². The second-order valence-electron chi connectivity index (χ2n) is 10.5. The van der Waals surface area contributed by atoms with E-state index in [1.807, 2.05) is 0 Å². The normalized spacial score (nSPS) is 21.9. The molecule has 0 saturated carbocycles. The first-order valence-electron chi connectivity index (χ1n) is 16.2. The van der Waals surface area contributed by atoms with Gasteiger partial charge in [-0.1, -0.05) is 11.3 Å². The van der Waals surface area contributed by atoms with Crippen LogP contribution in [0.1, 0.15) is 52.5 Å². The van der Waals surface area contributed by atoms with Gasteiger partial charge < -0.3 is 29.9 Å². The Hall–Kier alpha value is -4.27. The van der Waals surface area contributed by atoms with Gasteiger partial charge in [-0.25, -0.2) is 14.6 Å². The molecule has 3 amide bonds. The largest absolute Gasteiger partial charge is 0.444 e. The third-order valence-corrected chi connectivity index (χ3v) is 5.60. The minimum atomic E-state index is -3.56. The molecule has 1 fully saturated rings. The molecule has 41 heavy (non-hydrogen) atoms. The number of aromatic nitrogens is 4. The molecule has 0 bridgehead atoms. The summed E-state index contributed by atoms with van der Waals surface area (Å²) in [6.07, 6.45) is 0.235. The van der Waals surface area contributed by atoms with Crippen molar-refractivity contribution in [2.45, 2.75) is 52.7 Å². The first kappa shape index (κ1) is 20.6. The van der Waals surface area contributed by atoms with Crippen molar-refractivity contribution in [3.8, 4) is 10.6 Å². The summed E-state index contributed by atoms with van der Waals surface area (Å²) in [5.74, 6) is -1.38. The molecule has 4 heterocycles. The number of amides is 3. The van der Waals surface area contributed by atoms with Gasteiger partial charge in [0, 0.05) is 43.8 Å². The maximum atomic E-state index is 13.2. The van der Waals surface area contributed by atoms with E-state index in [0.717, 1.165) is 15.9 Å². The van der Waals surface area contributed by atoms with Gasteiger partial charge in [0.2, 0.25) is 10.9 Å². The van der Waals surface area contributed by atoms with Crippen LogP contribution in [-0.4, -0.2) is 86.3 Å². The van der Waals surface area contributed by atoms with E-state index < -0.39 is 73.2 Å². The van der Waals surface area contributed by atoms with Gasteiger partial charge in [0.05, 0.1) is 22.9 Å². The lowest BCUT2D eigenvalue weighted by Gasteiger charge is -2.36. The van der Waals surface area contributed by atoms with Gasteiger partial charge >= 0.3 is 12.2 Å². The highest BCUT2D eigenvalue weighted by atomic mass is 32.1. The number of anilines is 2. The number of ether oxygens (including phenoxy) is 2. The van der Waals surface area contributed by atoms with Crippen molar-refractivity contribution in [1.82, 2.24) is 29.8 Å². The van der Waals surface area contributed by atoms with Crippen LogP contribution in [0.5, 0.6) is 0 Å². The third kappa shape index (κ3) is 8.13. The minimum Gasteiger partial charge on any atom is -0.444 e. The van der Waals surface area contributed by atoms with Crippen LogP contribution in [0.2, 0.25) is 0 Å². The molecule has 0 unspecified atom stereocenters. The van der Waals surface area contributed by atoms with Crippen LogP contribution >= 0.6 is 11.3 Å². The average molecular weight is 595 g/mol. The van der Waals surface area contributed by atoms with Crippen molar-refractivity contribution in [2.24, 2.45) is 0 Å². The van der Waals surface area contributed by atoms with E-state index in [1.54, 1.807) is 20.8 Å². The van der Waals surface area contributed by atoms with Gasteiger partial charge in [-0.3, -0.25) is 14.6 Å². The Morgan fingerprint density at radius 2 is 1.71 bits per heavy atom. The Bertz CT molecular complexity index is 1830. The summed E-state index contributed by atoms with van der Waals surface area (Å²) in [5.41, 5.74) is -2.48. The Morgan fingerprint density at radius 3 is 2.37 bits per heavy atom. The molecule has 14 nitrogen and oxygen atoms in total. The van der Waals surface area contributed by atoms with Gasteiger partial charge in [-0.2, -0.15) is 9.61 Å². The summed E-state index contributed by atoms with van der Waals surface area (Å²) in [6.45, 7) is -5.31. The third-order valence-electron chi connectivity index (χ3n) is 4.65. The molecule has 220 valence electrons. The summed E-state index contributed by atoms with van der Waals surface area (Å²) in [7, 11) is 0. The highest BCUT2D eigenvalue weighted by molar-refractivity contribution is 7.19. The van der Waals surface area contributed by atoms with E-state index in [2.05, 4.69) is 25.7 Å². The number of pyridine rings is 1. The number of nitrogens with zero attached hydrogens (tertiary/aromatic N) is 6. The van der Waals surface area contributed by atoms with E-state index in [4.69, 9.17) is 20.4 Å². The predicted octanol–water partition coefficient (Wildman–Crippen LogP) is 2.73. The van der Waals surface area contributed by atoms with E-state index in [9.17, 15) is 19.2 Å². The topological polar surface area (TPSA) is 160 Å². The molecule has 15 heteroatoms. The average Bonchev–Trinajstić information content (AvgIpc) is 3.34. The summed E-state index contributed by atoms with van der Waals surface area (Å²) >= 11 is 0.772. The molecule has 4 rings (SSSR count). The minimum absolute atomic E-state index is 0.0463. The molecule has 0 atom stereocenters. The lowest BCUT2D eigenvalue weighted by atomic mass is 10.2. The lowest BCUT2D eigenvalue weighted by Crippen LogP contribution is -2.50. The predicted molar refractivity (Wildman–Crippen MR) is 153 cm³/mol. The van der Waals surface area contributed by atoms with Gasteiger partial charge in [0.25, 0.3) is 5.56 Å². The molecule has 0 aromatic carbocycles. The SMILES string of the molecule is [2H]C1([2H])N(C(=O)OC(C)(C)C)C([2H])([2H])C([2H])([2H])N(c2cc(=O)n3nc(-c4cncc(NC(=O)CNC(=O)OC(C)(C)C)c4)sc3n2)C1([2H])[2H]. The van der Waals surface area contributed by atoms with Crippen LogP contribution in [-0.2, 0) is 14.3 Å². The molecule has 1 saturated heterocycles. The van der Waals surface area contributed by atoms with Crippen molar-refractivity contribution < 1.29 is 34.8 Å². The fourth-order valence-electron chi connectivity index (χ4n) is 3.10. The summed E-state index contributed by atoms with van der Waals surface area (Å²) in [4.78, 5) is 58.2. The van der Waals surface area contributed by atoms with Crippen molar-refractivity contribution in [1.29, 1.82) is 0 Å². The molecule has 1 aliphatic rings. The zero-order valence-corrected chi connectivity index (χ0v) is 23.9. The lowest BCUT2D eigenvalue weighted by molar-refractivity contribution is -0.115. The van der Waals surface area contributed by atoms with Gasteiger partial charge in [-0.05, 0) is 47.6 Å². The Morgan fingerprint density at radius 1 is 1.02 bits per heavy atom. The Balaban J connectivity index is 1.67. The van der Waals surface area contributed by atoms with E-state index in [-0.39, 0.29) is 25.5 Å². The molecule has 3 aromatic rings. The number of nitrogens with one attached hydrogen (secondary N) is 2. The maximum absolute atomic E-state index is 13.2. The molecule has 3 aromatic heterocycles. The quantitative estimate of drug-likeness (QED) is 0.449. The van der Waals surface area contributed by atoms with Crippen LogP contribution in [0, 0.1) is 0 Å². The Labute approximate surface area is 251 Å². The van der Waals surface area contributed by atoms with Gasteiger partial charge in [-0.15, -0.1) is 0 Å². The second-order valence-corrected chi connectivity index (χ2v) is 11.5. The van der Waals surface area contributed by atoms with Crippen LogP contribution in [0.25, 0.3) is 15.5 Å². The molecule has 0 aliphatic carbocycles. The standard InChI is InChI=1S/C26H34N8O6S/c1-25(2,3)39-23(37)28-15-19(35)29-17-11-16(13-27-14-17)21-31-34-20(36)12-18(30-22(34)41-21)32-7-9-33(10-8-32)24(38)40-26(4,5)6/h11-14H,7-10,15H2,1-6H3,(H,28,37)(H,29,35)/i7D2,8D2,9D2,10D2. The zero-order chi connectivity index (χ0) is 37.1. The van der Waals surface area contributed by atoms with E-state index in [0.29, 0.717) is 11.6 Å². The highest BCUT2D eigenvalue weighted by Gasteiger charge is 2.27. The van der Waals surface area contributed by atoms with E-state index >= 15 is 0 Å². The van der Waals surface area contributed by atoms with Crippen molar-refractivity contribution in [3.63, 3.8) is 0 Å². The monoisotopic (exact) mass is 594 g/mol.